The molecule has 0 aromatic heterocycles. The SMILES string of the molecule is CC(C)(O)C(F)(F)[C@@H]1O[C@H](CO)[C@H](O)[C@H](O)[C@H]1O. The van der Waals surface area contributed by atoms with Gasteiger partial charge in [-0.2, -0.15) is 0 Å². The zero-order valence-electron chi connectivity index (χ0n) is 9.99. The molecule has 1 fully saturated rings. The first kappa shape index (κ1) is 15.7. The molecule has 0 radical (unpaired) electrons. The van der Waals surface area contributed by atoms with Gasteiger partial charge < -0.3 is 30.3 Å². The van der Waals surface area contributed by atoms with E-state index in [-0.39, 0.29) is 0 Å². The van der Waals surface area contributed by atoms with Gasteiger partial charge in [0.05, 0.1) is 6.61 Å². The minimum Gasteiger partial charge on any atom is -0.394 e. The van der Waals surface area contributed by atoms with Gasteiger partial charge in [-0.3, -0.25) is 0 Å². The highest BCUT2D eigenvalue weighted by Crippen LogP contribution is 2.38. The number of halogens is 2. The fraction of sp³-hybridized carbons (Fsp3) is 1.00. The van der Waals surface area contributed by atoms with Crippen LogP contribution in [-0.4, -0.2) is 74.2 Å². The highest BCUT2D eigenvalue weighted by Gasteiger charge is 2.60. The van der Waals surface area contributed by atoms with Gasteiger partial charge in [-0.05, 0) is 13.8 Å². The lowest BCUT2D eigenvalue weighted by molar-refractivity contribution is -0.311. The van der Waals surface area contributed by atoms with Crippen molar-refractivity contribution in [1.82, 2.24) is 0 Å². The van der Waals surface area contributed by atoms with Crippen LogP contribution >= 0.6 is 0 Å². The molecular formula is C10H18F2O6. The van der Waals surface area contributed by atoms with E-state index in [4.69, 9.17) is 9.84 Å². The van der Waals surface area contributed by atoms with Crippen LogP contribution < -0.4 is 0 Å². The van der Waals surface area contributed by atoms with Gasteiger partial charge in [0, 0.05) is 0 Å². The number of hydrogen-bond donors (Lipinski definition) is 5. The van der Waals surface area contributed by atoms with Crippen LogP contribution in [0.4, 0.5) is 8.78 Å². The fourth-order valence-corrected chi connectivity index (χ4v) is 1.75. The topological polar surface area (TPSA) is 110 Å². The van der Waals surface area contributed by atoms with Gasteiger partial charge in [0.2, 0.25) is 0 Å². The second kappa shape index (κ2) is 4.95. The van der Waals surface area contributed by atoms with Crippen LogP contribution in [-0.2, 0) is 4.74 Å². The lowest BCUT2D eigenvalue weighted by atomic mass is 9.86. The Hall–Kier alpha value is -0.380. The monoisotopic (exact) mass is 272 g/mol. The van der Waals surface area contributed by atoms with Crippen LogP contribution in [0.25, 0.3) is 0 Å². The average Bonchev–Trinajstić information content (AvgIpc) is 2.24. The summed E-state index contributed by atoms with van der Waals surface area (Å²) in [5.74, 6) is -3.87. The van der Waals surface area contributed by atoms with Gasteiger partial charge in [-0.25, -0.2) is 8.78 Å². The van der Waals surface area contributed by atoms with Crippen LogP contribution in [0.5, 0.6) is 0 Å². The molecule has 0 bridgehead atoms. The Morgan fingerprint density at radius 3 is 1.94 bits per heavy atom. The number of alkyl halides is 2. The quantitative estimate of drug-likeness (QED) is 0.416. The van der Waals surface area contributed by atoms with Crippen LogP contribution in [0.1, 0.15) is 13.8 Å². The first-order valence-corrected chi connectivity index (χ1v) is 5.44. The number of hydrogen-bond acceptors (Lipinski definition) is 6. The average molecular weight is 272 g/mol. The largest absolute Gasteiger partial charge is 0.394 e. The standard InChI is InChI=1S/C10H18F2O6/c1-9(2,17)10(11,12)8-7(16)6(15)5(14)4(3-13)18-8/h4-8,13-17H,3H2,1-2H3/t4-,5+,6+,7-,8-/m1/s1. The van der Waals surface area contributed by atoms with Crippen LogP contribution in [0.15, 0.2) is 0 Å². The number of aliphatic hydroxyl groups is 5. The summed E-state index contributed by atoms with van der Waals surface area (Å²) in [7, 11) is 0. The second-order valence-electron chi connectivity index (χ2n) is 4.93. The minimum atomic E-state index is -3.87. The summed E-state index contributed by atoms with van der Waals surface area (Å²) < 4.78 is 32.4. The van der Waals surface area contributed by atoms with Crippen molar-refractivity contribution in [3.8, 4) is 0 Å². The maximum Gasteiger partial charge on any atom is 0.303 e. The van der Waals surface area contributed by atoms with Crippen molar-refractivity contribution in [2.45, 2.75) is 55.9 Å². The summed E-state index contributed by atoms with van der Waals surface area (Å²) in [6.07, 6.45) is -9.34. The smallest absolute Gasteiger partial charge is 0.303 e. The third kappa shape index (κ3) is 2.49. The molecular weight excluding hydrogens is 254 g/mol. The number of aliphatic hydroxyl groups excluding tert-OH is 4. The lowest BCUT2D eigenvalue weighted by Gasteiger charge is -2.45. The Balaban J connectivity index is 3.02. The van der Waals surface area contributed by atoms with Gasteiger partial charge in [0.25, 0.3) is 0 Å². The fourth-order valence-electron chi connectivity index (χ4n) is 1.75. The van der Waals surface area contributed by atoms with E-state index in [1.807, 2.05) is 0 Å². The van der Waals surface area contributed by atoms with E-state index in [1.165, 1.54) is 0 Å². The van der Waals surface area contributed by atoms with Crippen molar-refractivity contribution in [1.29, 1.82) is 0 Å². The predicted octanol–water partition coefficient (Wildman–Crippen LogP) is -1.77. The molecule has 1 rings (SSSR count). The summed E-state index contributed by atoms with van der Waals surface area (Å²) in [6.45, 7) is 0.853. The van der Waals surface area contributed by atoms with Gasteiger partial charge in [-0.1, -0.05) is 0 Å². The molecule has 1 heterocycles. The minimum absolute atomic E-state index is 0.802. The molecule has 0 saturated carbocycles. The van der Waals surface area contributed by atoms with E-state index < -0.39 is 48.7 Å². The molecule has 18 heavy (non-hydrogen) atoms. The highest BCUT2D eigenvalue weighted by atomic mass is 19.3. The molecule has 1 aliphatic heterocycles. The third-order valence-corrected chi connectivity index (χ3v) is 3.07. The van der Waals surface area contributed by atoms with Crippen molar-refractivity contribution in [2.24, 2.45) is 0 Å². The van der Waals surface area contributed by atoms with Gasteiger partial charge in [0.15, 0.2) is 6.10 Å². The molecule has 0 unspecified atom stereocenters. The van der Waals surface area contributed by atoms with Crippen molar-refractivity contribution in [3.63, 3.8) is 0 Å². The summed E-state index contributed by atoms with van der Waals surface area (Å²) in [6, 6.07) is 0. The molecule has 1 saturated heterocycles. The Kier molecular flexibility index (Phi) is 4.31. The highest BCUT2D eigenvalue weighted by molar-refractivity contribution is 5.02. The zero-order chi connectivity index (χ0) is 14.3. The zero-order valence-corrected chi connectivity index (χ0v) is 9.99. The lowest BCUT2D eigenvalue weighted by Crippen LogP contribution is -2.67. The summed E-state index contributed by atoms with van der Waals surface area (Å²) >= 11 is 0. The van der Waals surface area contributed by atoms with Gasteiger partial charge in [-0.15, -0.1) is 0 Å². The Labute approximate surface area is 102 Å². The first-order valence-electron chi connectivity index (χ1n) is 5.44. The molecule has 0 spiro atoms. The molecule has 0 aliphatic carbocycles. The molecule has 0 aromatic rings. The third-order valence-electron chi connectivity index (χ3n) is 3.07. The molecule has 8 heteroatoms. The normalized spacial score (nSPS) is 38.8. The van der Waals surface area contributed by atoms with Crippen molar-refractivity contribution >= 4 is 0 Å². The molecule has 6 nitrogen and oxygen atoms in total. The maximum absolute atomic E-state index is 13.9. The molecule has 0 aromatic carbocycles. The number of ether oxygens (including phenoxy) is 1. The van der Waals surface area contributed by atoms with Gasteiger partial charge >= 0.3 is 5.92 Å². The summed E-state index contributed by atoms with van der Waals surface area (Å²) in [5.41, 5.74) is -2.50. The van der Waals surface area contributed by atoms with E-state index in [0.717, 1.165) is 13.8 Å². The Morgan fingerprint density at radius 2 is 1.56 bits per heavy atom. The van der Waals surface area contributed by atoms with Gasteiger partial charge in [0.1, 0.15) is 30.0 Å². The summed E-state index contributed by atoms with van der Waals surface area (Å²) in [5, 5.41) is 46.6. The molecule has 108 valence electrons. The Morgan fingerprint density at radius 1 is 1.06 bits per heavy atom. The van der Waals surface area contributed by atoms with E-state index >= 15 is 0 Å². The maximum atomic E-state index is 13.9. The molecule has 5 N–H and O–H groups in total. The van der Waals surface area contributed by atoms with E-state index in [9.17, 15) is 29.2 Å². The van der Waals surface area contributed by atoms with E-state index in [2.05, 4.69) is 0 Å². The molecule has 0 amide bonds. The molecule has 1 aliphatic rings. The second-order valence-corrected chi connectivity index (χ2v) is 4.93. The van der Waals surface area contributed by atoms with Crippen LogP contribution in [0.3, 0.4) is 0 Å². The summed E-state index contributed by atoms with van der Waals surface area (Å²) in [4.78, 5) is 0. The number of rotatable bonds is 3. The predicted molar refractivity (Wildman–Crippen MR) is 55.0 cm³/mol. The van der Waals surface area contributed by atoms with E-state index in [1.54, 1.807) is 0 Å². The first-order chi connectivity index (χ1) is 8.04. The van der Waals surface area contributed by atoms with Crippen LogP contribution in [0, 0.1) is 0 Å². The van der Waals surface area contributed by atoms with Crippen molar-refractivity contribution < 1.29 is 39.1 Å². The molecule has 5 atom stereocenters. The van der Waals surface area contributed by atoms with Crippen LogP contribution in [0.2, 0.25) is 0 Å². The van der Waals surface area contributed by atoms with Crippen molar-refractivity contribution in [3.05, 3.63) is 0 Å². The van der Waals surface area contributed by atoms with Crippen molar-refractivity contribution in [2.75, 3.05) is 6.61 Å². The Bertz CT molecular complexity index is 291. The van der Waals surface area contributed by atoms with E-state index in [0.29, 0.717) is 0 Å².